The zero-order chi connectivity index (χ0) is 34.6. The minimum absolute atomic E-state index is 0.313. The number of aromatic nitrogens is 3. The van der Waals surface area contributed by atoms with Gasteiger partial charge in [-0.15, -0.1) is 0 Å². The molecule has 8 aromatic rings. The highest BCUT2D eigenvalue weighted by atomic mass is 31.2. The molecule has 0 unspecified atom stereocenters. The molecule has 0 bridgehead atoms. The summed E-state index contributed by atoms with van der Waals surface area (Å²) in [5.41, 5.74) is 6.69. The van der Waals surface area contributed by atoms with Gasteiger partial charge in [0.1, 0.15) is 5.82 Å². The van der Waals surface area contributed by atoms with Crippen molar-refractivity contribution in [3.8, 4) is 56.4 Å². The molecular formula is C45H31FN3OP. The van der Waals surface area contributed by atoms with Crippen molar-refractivity contribution in [3.63, 3.8) is 0 Å². The fourth-order valence-corrected chi connectivity index (χ4v) is 8.85. The lowest BCUT2D eigenvalue weighted by molar-refractivity contribution is 0.592. The van der Waals surface area contributed by atoms with Crippen molar-refractivity contribution in [2.75, 3.05) is 0 Å². The van der Waals surface area contributed by atoms with Crippen LogP contribution in [0, 0.1) is 5.82 Å². The van der Waals surface area contributed by atoms with Crippen molar-refractivity contribution in [1.82, 2.24) is 15.0 Å². The monoisotopic (exact) mass is 679 g/mol. The molecule has 0 fully saturated rings. The Morgan fingerprint density at radius 1 is 0.314 bits per heavy atom. The normalized spacial score (nSPS) is 11.3. The highest BCUT2D eigenvalue weighted by Gasteiger charge is 2.29. The molecule has 0 aliphatic rings. The van der Waals surface area contributed by atoms with E-state index in [1.165, 1.54) is 12.1 Å². The van der Waals surface area contributed by atoms with E-state index in [1.54, 1.807) is 12.1 Å². The van der Waals surface area contributed by atoms with Gasteiger partial charge in [0.15, 0.2) is 24.6 Å². The van der Waals surface area contributed by atoms with Gasteiger partial charge in [0.2, 0.25) is 0 Å². The van der Waals surface area contributed by atoms with E-state index in [0.717, 1.165) is 49.3 Å². The van der Waals surface area contributed by atoms with Crippen molar-refractivity contribution in [2.45, 2.75) is 0 Å². The molecule has 244 valence electrons. The summed E-state index contributed by atoms with van der Waals surface area (Å²) in [7, 11) is -3.03. The van der Waals surface area contributed by atoms with E-state index in [-0.39, 0.29) is 5.82 Å². The maximum Gasteiger partial charge on any atom is 0.171 e. The summed E-state index contributed by atoms with van der Waals surface area (Å²) in [6.45, 7) is 0. The fraction of sp³-hybridized carbons (Fsp3) is 0. The number of hydrogen-bond donors (Lipinski definition) is 0. The van der Waals surface area contributed by atoms with Crippen LogP contribution in [0.2, 0.25) is 0 Å². The second kappa shape index (κ2) is 13.9. The van der Waals surface area contributed by atoms with E-state index in [1.807, 2.05) is 115 Å². The first-order valence-corrected chi connectivity index (χ1v) is 18.4. The molecule has 8 rings (SSSR count). The van der Waals surface area contributed by atoms with Crippen molar-refractivity contribution in [3.05, 3.63) is 194 Å². The SMILES string of the molecule is O=P(c1ccccc1)(c1ccccc1)c1ccc(-c2ccc(-c3ccc(-c4nc(-c5ccccc5)nc(-c5ccc(F)cc5)n4)cc3)cc2)cc1. The van der Waals surface area contributed by atoms with Crippen LogP contribution in [-0.4, -0.2) is 15.0 Å². The second-order valence-electron chi connectivity index (χ2n) is 12.2. The summed E-state index contributed by atoms with van der Waals surface area (Å²) < 4.78 is 28.4. The Hall–Kier alpha value is -6.29. The first kappa shape index (κ1) is 31.9. The van der Waals surface area contributed by atoms with Gasteiger partial charge in [-0.05, 0) is 46.5 Å². The van der Waals surface area contributed by atoms with E-state index in [2.05, 4.69) is 48.5 Å². The molecule has 1 aromatic heterocycles. The van der Waals surface area contributed by atoms with E-state index >= 15 is 0 Å². The van der Waals surface area contributed by atoms with Crippen LogP contribution in [0.3, 0.4) is 0 Å². The summed E-state index contributed by atoms with van der Waals surface area (Å²) >= 11 is 0. The van der Waals surface area contributed by atoms with Crippen LogP contribution in [0.25, 0.3) is 56.4 Å². The van der Waals surface area contributed by atoms with Gasteiger partial charge in [0, 0.05) is 32.6 Å². The molecule has 0 radical (unpaired) electrons. The minimum atomic E-state index is -3.03. The minimum Gasteiger partial charge on any atom is -0.309 e. The largest absolute Gasteiger partial charge is 0.309 e. The van der Waals surface area contributed by atoms with Crippen molar-refractivity contribution >= 4 is 23.1 Å². The highest BCUT2D eigenvalue weighted by molar-refractivity contribution is 7.85. The van der Waals surface area contributed by atoms with Gasteiger partial charge in [0.05, 0.1) is 0 Å². The van der Waals surface area contributed by atoms with Gasteiger partial charge in [0.25, 0.3) is 0 Å². The van der Waals surface area contributed by atoms with Crippen LogP contribution in [0.15, 0.2) is 188 Å². The van der Waals surface area contributed by atoms with Gasteiger partial charge in [-0.1, -0.05) is 164 Å². The first-order valence-electron chi connectivity index (χ1n) is 16.7. The molecule has 4 nitrogen and oxygen atoms in total. The van der Waals surface area contributed by atoms with Crippen LogP contribution in [0.5, 0.6) is 0 Å². The lowest BCUT2D eigenvalue weighted by Crippen LogP contribution is -2.24. The first-order chi connectivity index (χ1) is 25.0. The van der Waals surface area contributed by atoms with E-state index in [0.29, 0.717) is 23.0 Å². The summed E-state index contributed by atoms with van der Waals surface area (Å²) in [5, 5.41) is 2.44. The molecule has 51 heavy (non-hydrogen) atoms. The zero-order valence-corrected chi connectivity index (χ0v) is 28.4. The Kier molecular flexibility index (Phi) is 8.71. The highest BCUT2D eigenvalue weighted by Crippen LogP contribution is 2.42. The molecule has 0 N–H and O–H groups in total. The van der Waals surface area contributed by atoms with Gasteiger partial charge in [-0.2, -0.15) is 0 Å². The quantitative estimate of drug-likeness (QED) is 0.150. The predicted molar refractivity (Wildman–Crippen MR) is 206 cm³/mol. The number of nitrogens with zero attached hydrogens (tertiary/aromatic N) is 3. The number of benzene rings is 7. The molecule has 0 saturated heterocycles. The second-order valence-corrected chi connectivity index (χ2v) is 14.9. The third kappa shape index (κ3) is 6.55. The van der Waals surface area contributed by atoms with Crippen LogP contribution in [0.1, 0.15) is 0 Å². The van der Waals surface area contributed by atoms with E-state index in [9.17, 15) is 8.96 Å². The van der Waals surface area contributed by atoms with E-state index in [4.69, 9.17) is 15.0 Å². The third-order valence-corrected chi connectivity index (χ3v) is 12.0. The molecule has 0 atom stereocenters. The number of halogens is 1. The average molecular weight is 680 g/mol. The molecule has 0 aliphatic heterocycles. The van der Waals surface area contributed by atoms with Crippen LogP contribution in [0.4, 0.5) is 4.39 Å². The van der Waals surface area contributed by atoms with Crippen molar-refractivity contribution < 1.29 is 8.96 Å². The number of hydrogen-bond acceptors (Lipinski definition) is 4. The summed E-state index contributed by atoms with van der Waals surface area (Å²) in [5.74, 6) is 1.26. The lowest BCUT2D eigenvalue weighted by Gasteiger charge is -2.20. The topological polar surface area (TPSA) is 55.7 Å². The summed E-state index contributed by atoms with van der Waals surface area (Å²) in [6.07, 6.45) is 0. The van der Waals surface area contributed by atoms with Crippen LogP contribution in [-0.2, 0) is 4.57 Å². The number of rotatable bonds is 8. The summed E-state index contributed by atoms with van der Waals surface area (Å²) in [4.78, 5) is 14.3. The molecule has 0 saturated carbocycles. The fourth-order valence-electron chi connectivity index (χ4n) is 6.20. The lowest BCUT2D eigenvalue weighted by atomic mass is 9.99. The van der Waals surface area contributed by atoms with Crippen LogP contribution >= 0.6 is 7.14 Å². The average Bonchev–Trinajstić information content (AvgIpc) is 3.22. The molecule has 0 spiro atoms. The third-order valence-electron chi connectivity index (χ3n) is 8.94. The van der Waals surface area contributed by atoms with Crippen LogP contribution < -0.4 is 15.9 Å². The standard InChI is InChI=1S/C45H31FN3OP/c46-39-28-24-38(25-29-39)45-48-43(36-10-4-1-5-11-36)47-44(49-45)37-22-20-34(21-23-37)32-16-18-33(19-17-32)35-26-30-42(31-27-35)51(50,40-12-6-2-7-13-40)41-14-8-3-9-15-41/h1-31H. The van der Waals surface area contributed by atoms with Crippen molar-refractivity contribution in [1.29, 1.82) is 0 Å². The Morgan fingerprint density at radius 3 is 0.980 bits per heavy atom. The maximum atomic E-state index is 14.7. The van der Waals surface area contributed by atoms with Crippen molar-refractivity contribution in [2.24, 2.45) is 0 Å². The summed E-state index contributed by atoms with van der Waals surface area (Å²) in [6, 6.07) is 60.1. The van der Waals surface area contributed by atoms with Gasteiger partial charge >= 0.3 is 0 Å². The van der Waals surface area contributed by atoms with E-state index < -0.39 is 7.14 Å². The molecule has 7 aromatic carbocycles. The molecule has 1 heterocycles. The van der Waals surface area contributed by atoms with Gasteiger partial charge < -0.3 is 4.57 Å². The molecule has 0 aliphatic carbocycles. The van der Waals surface area contributed by atoms with Gasteiger partial charge in [-0.25, -0.2) is 19.3 Å². The van der Waals surface area contributed by atoms with Gasteiger partial charge in [-0.3, -0.25) is 0 Å². The Morgan fingerprint density at radius 2 is 0.588 bits per heavy atom. The predicted octanol–water partition coefficient (Wildman–Crippen LogP) is 9.99. The Balaban J connectivity index is 1.06. The molecule has 0 amide bonds. The smallest absolute Gasteiger partial charge is 0.171 e. The maximum absolute atomic E-state index is 14.7. The Bertz CT molecular complexity index is 2410. The molecule has 6 heteroatoms. The Labute approximate surface area is 296 Å². The zero-order valence-electron chi connectivity index (χ0n) is 27.5. The molecular weight excluding hydrogens is 648 g/mol.